The second-order valence-electron chi connectivity index (χ2n) is 3.21. The molecule has 4 heteroatoms. The number of aromatic nitrogens is 1. The number of nitrogens with one attached hydrogen (secondary N) is 1. The lowest BCUT2D eigenvalue weighted by atomic mass is 10.2. The first-order chi connectivity index (χ1) is 6.86. The van der Waals surface area contributed by atoms with Crippen molar-refractivity contribution in [2.24, 2.45) is 0 Å². The van der Waals surface area contributed by atoms with Gasteiger partial charge in [0.2, 0.25) is 0 Å². The van der Waals surface area contributed by atoms with Gasteiger partial charge in [0.25, 0.3) is 5.91 Å². The zero-order chi connectivity index (χ0) is 9.80. The third kappa shape index (κ3) is 2.09. The molecule has 74 valence electrons. The SMILES string of the molecule is O=C(NCC1CCO1)c1ccccn1. The highest BCUT2D eigenvalue weighted by molar-refractivity contribution is 5.92. The fourth-order valence-corrected chi connectivity index (χ4v) is 1.24. The van der Waals surface area contributed by atoms with Crippen LogP contribution in [-0.2, 0) is 4.74 Å². The first kappa shape index (κ1) is 9.15. The van der Waals surface area contributed by atoms with Gasteiger partial charge in [0.1, 0.15) is 5.69 Å². The minimum Gasteiger partial charge on any atom is -0.376 e. The average molecular weight is 192 g/mol. The standard InChI is InChI=1S/C10H12N2O2/c13-10(9-3-1-2-5-11-9)12-7-8-4-6-14-8/h1-3,5,8H,4,6-7H2,(H,12,13). The molecule has 14 heavy (non-hydrogen) atoms. The predicted octanol–water partition coefficient (Wildman–Crippen LogP) is 0.600. The smallest absolute Gasteiger partial charge is 0.269 e. The minimum atomic E-state index is -0.138. The summed E-state index contributed by atoms with van der Waals surface area (Å²) in [5.41, 5.74) is 0.451. The highest BCUT2D eigenvalue weighted by Gasteiger charge is 2.18. The van der Waals surface area contributed by atoms with E-state index in [0.29, 0.717) is 12.2 Å². The van der Waals surface area contributed by atoms with E-state index in [1.54, 1.807) is 24.4 Å². The number of carbonyl (C=O) groups excluding carboxylic acids is 1. The van der Waals surface area contributed by atoms with Crippen LogP contribution >= 0.6 is 0 Å². The molecule has 1 amide bonds. The van der Waals surface area contributed by atoms with Crippen molar-refractivity contribution in [1.82, 2.24) is 10.3 Å². The molecule has 0 aliphatic carbocycles. The van der Waals surface area contributed by atoms with Crippen LogP contribution in [0.15, 0.2) is 24.4 Å². The molecule has 0 saturated carbocycles. The number of rotatable bonds is 3. The van der Waals surface area contributed by atoms with Gasteiger partial charge in [-0.2, -0.15) is 0 Å². The van der Waals surface area contributed by atoms with E-state index in [1.807, 2.05) is 0 Å². The molecule has 4 nitrogen and oxygen atoms in total. The van der Waals surface area contributed by atoms with Gasteiger partial charge in [-0.3, -0.25) is 9.78 Å². The normalized spacial score (nSPS) is 19.9. The zero-order valence-electron chi connectivity index (χ0n) is 7.77. The van der Waals surface area contributed by atoms with Gasteiger partial charge >= 0.3 is 0 Å². The van der Waals surface area contributed by atoms with Gasteiger partial charge in [-0.05, 0) is 18.6 Å². The Labute approximate surface area is 82.3 Å². The maximum atomic E-state index is 11.5. The fourth-order valence-electron chi connectivity index (χ4n) is 1.24. The minimum absolute atomic E-state index is 0.138. The quantitative estimate of drug-likeness (QED) is 0.763. The number of hydrogen-bond acceptors (Lipinski definition) is 3. The third-order valence-electron chi connectivity index (χ3n) is 2.18. The summed E-state index contributed by atoms with van der Waals surface area (Å²) in [7, 11) is 0. The van der Waals surface area contributed by atoms with Gasteiger partial charge in [0.15, 0.2) is 0 Å². The Morgan fingerprint density at radius 1 is 1.64 bits per heavy atom. The van der Waals surface area contributed by atoms with Crippen LogP contribution in [0.1, 0.15) is 16.9 Å². The van der Waals surface area contributed by atoms with Crippen molar-refractivity contribution in [2.75, 3.05) is 13.2 Å². The molecular weight excluding hydrogens is 180 g/mol. The number of carbonyl (C=O) groups is 1. The number of nitrogens with zero attached hydrogens (tertiary/aromatic N) is 1. The summed E-state index contributed by atoms with van der Waals surface area (Å²) in [5.74, 6) is -0.138. The number of amides is 1. The van der Waals surface area contributed by atoms with E-state index in [1.165, 1.54) is 0 Å². The molecule has 2 heterocycles. The molecule has 1 saturated heterocycles. The van der Waals surface area contributed by atoms with Crippen LogP contribution in [0.3, 0.4) is 0 Å². The first-order valence-electron chi connectivity index (χ1n) is 4.67. The summed E-state index contributed by atoms with van der Waals surface area (Å²) in [6, 6.07) is 5.27. The average Bonchev–Trinajstić information content (AvgIpc) is 2.16. The Hall–Kier alpha value is -1.42. The molecule has 1 aromatic rings. The van der Waals surface area contributed by atoms with Crippen molar-refractivity contribution < 1.29 is 9.53 Å². The maximum absolute atomic E-state index is 11.5. The fraction of sp³-hybridized carbons (Fsp3) is 0.400. The van der Waals surface area contributed by atoms with Gasteiger partial charge in [-0.1, -0.05) is 6.07 Å². The van der Waals surface area contributed by atoms with Crippen LogP contribution in [0.2, 0.25) is 0 Å². The molecule has 2 rings (SSSR count). The van der Waals surface area contributed by atoms with Crippen LogP contribution in [0.5, 0.6) is 0 Å². The highest BCUT2D eigenvalue weighted by atomic mass is 16.5. The lowest BCUT2D eigenvalue weighted by molar-refractivity contribution is -0.0473. The molecule has 1 atom stereocenters. The molecule has 0 aromatic carbocycles. The number of ether oxygens (including phenoxy) is 1. The Bertz CT molecular complexity index is 309. The van der Waals surface area contributed by atoms with Gasteiger partial charge in [0.05, 0.1) is 6.10 Å². The van der Waals surface area contributed by atoms with E-state index < -0.39 is 0 Å². The summed E-state index contributed by atoms with van der Waals surface area (Å²) < 4.78 is 5.18. The molecule has 1 unspecified atom stereocenters. The van der Waals surface area contributed by atoms with Crippen molar-refractivity contribution >= 4 is 5.91 Å². The highest BCUT2D eigenvalue weighted by Crippen LogP contribution is 2.09. The van der Waals surface area contributed by atoms with Crippen LogP contribution < -0.4 is 5.32 Å². The van der Waals surface area contributed by atoms with E-state index in [0.717, 1.165) is 13.0 Å². The molecule has 1 aromatic heterocycles. The van der Waals surface area contributed by atoms with E-state index in [-0.39, 0.29) is 12.0 Å². The first-order valence-corrected chi connectivity index (χ1v) is 4.67. The molecule has 1 fully saturated rings. The molecule has 0 radical (unpaired) electrons. The summed E-state index contributed by atoms with van der Waals surface area (Å²) in [4.78, 5) is 15.4. The lowest BCUT2D eigenvalue weighted by Gasteiger charge is -2.26. The van der Waals surface area contributed by atoms with E-state index in [4.69, 9.17) is 4.74 Å². The van der Waals surface area contributed by atoms with Gasteiger partial charge < -0.3 is 10.1 Å². The van der Waals surface area contributed by atoms with Crippen LogP contribution in [0, 0.1) is 0 Å². The summed E-state index contributed by atoms with van der Waals surface area (Å²) in [5, 5.41) is 2.77. The second kappa shape index (κ2) is 4.19. The molecular formula is C10H12N2O2. The largest absolute Gasteiger partial charge is 0.376 e. The van der Waals surface area contributed by atoms with Crippen LogP contribution in [0.25, 0.3) is 0 Å². The number of pyridine rings is 1. The molecule has 1 aliphatic rings. The molecule has 1 N–H and O–H groups in total. The van der Waals surface area contributed by atoms with E-state index in [2.05, 4.69) is 10.3 Å². The second-order valence-corrected chi connectivity index (χ2v) is 3.21. The molecule has 0 bridgehead atoms. The predicted molar refractivity (Wildman–Crippen MR) is 50.9 cm³/mol. The van der Waals surface area contributed by atoms with Crippen molar-refractivity contribution in [3.05, 3.63) is 30.1 Å². The topological polar surface area (TPSA) is 51.2 Å². The third-order valence-corrected chi connectivity index (χ3v) is 2.18. The monoisotopic (exact) mass is 192 g/mol. The molecule has 0 spiro atoms. The Morgan fingerprint density at radius 2 is 2.50 bits per heavy atom. The van der Waals surface area contributed by atoms with Gasteiger partial charge in [-0.15, -0.1) is 0 Å². The van der Waals surface area contributed by atoms with Crippen molar-refractivity contribution in [3.8, 4) is 0 Å². The van der Waals surface area contributed by atoms with Crippen LogP contribution in [-0.4, -0.2) is 30.1 Å². The lowest BCUT2D eigenvalue weighted by Crippen LogP contribution is -2.39. The summed E-state index contributed by atoms with van der Waals surface area (Å²) >= 11 is 0. The van der Waals surface area contributed by atoms with Crippen molar-refractivity contribution in [2.45, 2.75) is 12.5 Å². The van der Waals surface area contributed by atoms with E-state index >= 15 is 0 Å². The van der Waals surface area contributed by atoms with Crippen molar-refractivity contribution in [1.29, 1.82) is 0 Å². The maximum Gasteiger partial charge on any atom is 0.269 e. The Kier molecular flexibility index (Phi) is 2.74. The molecule has 1 aliphatic heterocycles. The van der Waals surface area contributed by atoms with Crippen molar-refractivity contribution in [3.63, 3.8) is 0 Å². The Balaban J connectivity index is 1.83. The van der Waals surface area contributed by atoms with Gasteiger partial charge in [0, 0.05) is 19.3 Å². The Morgan fingerprint density at radius 3 is 3.07 bits per heavy atom. The zero-order valence-corrected chi connectivity index (χ0v) is 7.77. The number of hydrogen-bond donors (Lipinski definition) is 1. The summed E-state index contributed by atoms with van der Waals surface area (Å²) in [6.07, 6.45) is 2.83. The summed E-state index contributed by atoms with van der Waals surface area (Å²) in [6.45, 7) is 1.39. The van der Waals surface area contributed by atoms with Crippen LogP contribution in [0.4, 0.5) is 0 Å². The van der Waals surface area contributed by atoms with E-state index in [9.17, 15) is 4.79 Å². The van der Waals surface area contributed by atoms with Gasteiger partial charge in [-0.25, -0.2) is 0 Å².